The SMILES string of the molecule is CCN1CCN(C(=O)NCC[C@H](O)c2cccc(Cl)c2)C(=O)C1=O. The van der Waals surface area contributed by atoms with E-state index >= 15 is 0 Å². The van der Waals surface area contributed by atoms with Crippen molar-refractivity contribution in [2.75, 3.05) is 26.2 Å². The van der Waals surface area contributed by atoms with Gasteiger partial charge in [-0.2, -0.15) is 0 Å². The van der Waals surface area contributed by atoms with Crippen LogP contribution in [0.4, 0.5) is 4.79 Å². The molecular weight excluding hydrogens is 334 g/mol. The maximum atomic E-state index is 12.0. The Kier molecular flexibility index (Phi) is 6.16. The Morgan fingerprint density at radius 3 is 2.75 bits per heavy atom. The number of hydrogen-bond donors (Lipinski definition) is 2. The lowest BCUT2D eigenvalue weighted by Crippen LogP contribution is -2.58. The van der Waals surface area contributed by atoms with Crippen molar-refractivity contribution in [3.05, 3.63) is 34.9 Å². The number of nitrogens with one attached hydrogen (secondary N) is 1. The molecule has 1 aliphatic heterocycles. The third-order valence-electron chi connectivity index (χ3n) is 3.86. The Morgan fingerprint density at radius 2 is 2.08 bits per heavy atom. The number of piperazine rings is 1. The standard InChI is InChI=1S/C16H20ClN3O4/c1-2-19-8-9-20(15(23)14(19)22)16(24)18-7-6-13(21)11-4-3-5-12(17)10-11/h3-5,10,13,21H,2,6-9H2,1H3,(H,18,24)/t13-/m0/s1. The monoisotopic (exact) mass is 353 g/mol. The number of benzene rings is 1. The van der Waals surface area contributed by atoms with Crippen molar-refractivity contribution >= 4 is 29.4 Å². The molecule has 2 rings (SSSR count). The van der Waals surface area contributed by atoms with Crippen LogP contribution in [0.1, 0.15) is 25.0 Å². The summed E-state index contributed by atoms with van der Waals surface area (Å²) >= 11 is 5.87. The van der Waals surface area contributed by atoms with Gasteiger partial charge in [0.05, 0.1) is 6.10 Å². The van der Waals surface area contributed by atoms with Crippen LogP contribution in [0.5, 0.6) is 0 Å². The van der Waals surface area contributed by atoms with Gasteiger partial charge in [0.25, 0.3) is 0 Å². The summed E-state index contributed by atoms with van der Waals surface area (Å²) in [6.07, 6.45) is -0.512. The molecule has 8 heteroatoms. The van der Waals surface area contributed by atoms with Crippen LogP contribution >= 0.6 is 11.6 Å². The highest BCUT2D eigenvalue weighted by Gasteiger charge is 2.35. The first kappa shape index (κ1) is 18.2. The molecule has 1 atom stereocenters. The van der Waals surface area contributed by atoms with E-state index in [4.69, 9.17) is 11.6 Å². The van der Waals surface area contributed by atoms with E-state index in [0.717, 1.165) is 4.90 Å². The molecule has 0 radical (unpaired) electrons. The lowest BCUT2D eigenvalue weighted by molar-refractivity contribution is -0.153. The van der Waals surface area contributed by atoms with Crippen LogP contribution in [-0.4, -0.2) is 58.9 Å². The van der Waals surface area contributed by atoms with E-state index in [1.807, 2.05) is 0 Å². The van der Waals surface area contributed by atoms with Crippen LogP contribution < -0.4 is 5.32 Å². The molecule has 1 aromatic rings. The predicted octanol–water partition coefficient (Wildman–Crippen LogP) is 1.16. The number of halogens is 1. The van der Waals surface area contributed by atoms with E-state index in [1.54, 1.807) is 31.2 Å². The lowest BCUT2D eigenvalue weighted by atomic mass is 10.1. The van der Waals surface area contributed by atoms with Crippen LogP contribution in [0.3, 0.4) is 0 Å². The molecule has 0 aliphatic carbocycles. The van der Waals surface area contributed by atoms with Crippen molar-refractivity contribution in [3.8, 4) is 0 Å². The summed E-state index contributed by atoms with van der Waals surface area (Å²) in [5, 5.41) is 13.2. The fraction of sp³-hybridized carbons (Fsp3) is 0.438. The van der Waals surface area contributed by atoms with Gasteiger partial charge in [-0.05, 0) is 31.0 Å². The third-order valence-corrected chi connectivity index (χ3v) is 4.10. The minimum Gasteiger partial charge on any atom is -0.388 e. The Balaban J connectivity index is 1.83. The molecule has 1 fully saturated rings. The summed E-state index contributed by atoms with van der Waals surface area (Å²) in [7, 11) is 0. The summed E-state index contributed by atoms with van der Waals surface area (Å²) in [4.78, 5) is 38.0. The van der Waals surface area contributed by atoms with Crippen LogP contribution in [0.2, 0.25) is 5.02 Å². The summed E-state index contributed by atoms with van der Waals surface area (Å²) < 4.78 is 0. The minimum absolute atomic E-state index is 0.168. The van der Waals surface area contributed by atoms with E-state index in [9.17, 15) is 19.5 Å². The molecule has 0 bridgehead atoms. The molecule has 24 heavy (non-hydrogen) atoms. The molecule has 7 nitrogen and oxygen atoms in total. The maximum Gasteiger partial charge on any atom is 0.324 e. The van der Waals surface area contributed by atoms with Crippen molar-refractivity contribution in [1.29, 1.82) is 0 Å². The largest absolute Gasteiger partial charge is 0.388 e. The average molecular weight is 354 g/mol. The van der Waals surface area contributed by atoms with Crippen LogP contribution in [-0.2, 0) is 9.59 Å². The zero-order chi connectivity index (χ0) is 17.7. The molecule has 130 valence electrons. The topological polar surface area (TPSA) is 89.9 Å². The summed E-state index contributed by atoms with van der Waals surface area (Å²) in [6.45, 7) is 2.88. The molecule has 1 saturated heterocycles. The predicted molar refractivity (Wildman–Crippen MR) is 88.4 cm³/mol. The Bertz CT molecular complexity index is 638. The maximum absolute atomic E-state index is 12.0. The van der Waals surface area contributed by atoms with Gasteiger partial charge in [0.15, 0.2) is 0 Å². The third kappa shape index (κ3) is 4.24. The number of aliphatic hydroxyl groups is 1. The number of urea groups is 1. The normalized spacial score (nSPS) is 16.3. The quantitative estimate of drug-likeness (QED) is 0.777. The van der Waals surface area contributed by atoms with Gasteiger partial charge < -0.3 is 15.3 Å². The fourth-order valence-electron chi connectivity index (χ4n) is 2.46. The van der Waals surface area contributed by atoms with Crippen LogP contribution in [0.25, 0.3) is 0 Å². The second-order valence-electron chi connectivity index (χ2n) is 5.43. The highest BCUT2D eigenvalue weighted by Crippen LogP contribution is 2.19. The second-order valence-corrected chi connectivity index (χ2v) is 5.87. The van der Waals surface area contributed by atoms with Gasteiger partial charge in [0.2, 0.25) is 0 Å². The van der Waals surface area contributed by atoms with Crippen molar-refractivity contribution in [2.24, 2.45) is 0 Å². The molecule has 0 spiro atoms. The van der Waals surface area contributed by atoms with Gasteiger partial charge >= 0.3 is 17.8 Å². The number of carbonyl (C=O) groups excluding carboxylic acids is 3. The highest BCUT2D eigenvalue weighted by atomic mass is 35.5. The van der Waals surface area contributed by atoms with Gasteiger partial charge in [-0.15, -0.1) is 0 Å². The Morgan fingerprint density at radius 1 is 1.33 bits per heavy atom. The summed E-state index contributed by atoms with van der Waals surface area (Å²) in [6, 6.07) is 6.21. The van der Waals surface area contributed by atoms with Gasteiger partial charge in [-0.1, -0.05) is 23.7 Å². The van der Waals surface area contributed by atoms with Crippen molar-refractivity contribution < 1.29 is 19.5 Å². The van der Waals surface area contributed by atoms with Crippen molar-refractivity contribution in [2.45, 2.75) is 19.4 Å². The first-order chi connectivity index (χ1) is 11.4. The van der Waals surface area contributed by atoms with Gasteiger partial charge in [-0.25, -0.2) is 4.79 Å². The number of aliphatic hydroxyl groups excluding tert-OH is 1. The number of carbonyl (C=O) groups is 3. The summed E-state index contributed by atoms with van der Waals surface area (Å²) in [5.41, 5.74) is 0.652. The number of likely N-dealkylation sites (N-methyl/N-ethyl adjacent to an activating group) is 1. The van der Waals surface area contributed by atoms with Crippen molar-refractivity contribution in [1.82, 2.24) is 15.1 Å². The van der Waals surface area contributed by atoms with Crippen molar-refractivity contribution in [3.63, 3.8) is 0 Å². The smallest absolute Gasteiger partial charge is 0.324 e. The Labute approximate surface area is 145 Å². The minimum atomic E-state index is -0.823. The molecule has 4 amide bonds. The number of nitrogens with zero attached hydrogens (tertiary/aromatic N) is 2. The van der Waals surface area contributed by atoms with E-state index < -0.39 is 23.9 Å². The molecule has 0 saturated carbocycles. The summed E-state index contributed by atoms with van der Waals surface area (Å²) in [5.74, 6) is -1.49. The number of imide groups is 1. The highest BCUT2D eigenvalue weighted by molar-refractivity contribution is 6.38. The van der Waals surface area contributed by atoms with Crippen LogP contribution in [0.15, 0.2) is 24.3 Å². The average Bonchev–Trinajstić information content (AvgIpc) is 2.57. The fourth-order valence-corrected chi connectivity index (χ4v) is 2.66. The lowest BCUT2D eigenvalue weighted by Gasteiger charge is -2.31. The first-order valence-corrected chi connectivity index (χ1v) is 8.14. The van der Waals surface area contributed by atoms with E-state index in [2.05, 4.69) is 5.32 Å². The zero-order valence-corrected chi connectivity index (χ0v) is 14.1. The van der Waals surface area contributed by atoms with E-state index in [0.29, 0.717) is 23.7 Å². The van der Waals surface area contributed by atoms with Gasteiger partial charge in [0, 0.05) is 31.2 Å². The number of rotatable bonds is 5. The van der Waals surface area contributed by atoms with E-state index in [1.165, 1.54) is 4.90 Å². The Hall–Kier alpha value is -2.12. The van der Waals surface area contributed by atoms with Gasteiger partial charge in [-0.3, -0.25) is 14.5 Å². The number of hydrogen-bond acceptors (Lipinski definition) is 4. The zero-order valence-electron chi connectivity index (χ0n) is 13.4. The molecule has 1 heterocycles. The van der Waals surface area contributed by atoms with Gasteiger partial charge in [0.1, 0.15) is 0 Å². The van der Waals surface area contributed by atoms with Crippen LogP contribution in [0, 0.1) is 0 Å². The number of amides is 4. The molecular formula is C16H20ClN3O4. The second kappa shape index (κ2) is 8.12. The molecule has 0 aromatic heterocycles. The molecule has 0 unspecified atom stereocenters. The first-order valence-electron chi connectivity index (χ1n) is 7.76. The van der Waals surface area contributed by atoms with E-state index in [-0.39, 0.29) is 19.5 Å². The molecule has 1 aromatic carbocycles. The molecule has 1 aliphatic rings. The molecule has 2 N–H and O–H groups in total.